The fourth-order valence-corrected chi connectivity index (χ4v) is 11.6. The number of alkyl halides is 2. The fourth-order valence-electron chi connectivity index (χ4n) is 10.3. The second kappa shape index (κ2) is 18.6. The normalized spacial score (nSPS) is 31.8. The van der Waals surface area contributed by atoms with Crippen LogP contribution in [0, 0.1) is 17.8 Å². The topological polar surface area (TPSA) is 206 Å². The lowest BCUT2D eigenvalue weighted by Crippen LogP contribution is -2.70. The first-order chi connectivity index (χ1) is 30.2. The number of halogens is 2. The summed E-state index contributed by atoms with van der Waals surface area (Å²) in [5.74, 6) is -5.53. The first kappa shape index (κ1) is 45.2. The number of para-hydroxylation sites is 1. The Bertz CT molecular complexity index is 2190. The van der Waals surface area contributed by atoms with Crippen LogP contribution in [0.5, 0.6) is 11.6 Å². The summed E-state index contributed by atoms with van der Waals surface area (Å²) in [6.45, 7) is 1.27. The van der Waals surface area contributed by atoms with Gasteiger partial charge in [0.1, 0.15) is 36.3 Å². The summed E-state index contributed by atoms with van der Waals surface area (Å²) in [7, 11) is -3.97. The minimum atomic E-state index is -3.97. The minimum Gasteiger partial charge on any atom is -0.486 e. The van der Waals surface area contributed by atoms with Crippen LogP contribution >= 0.6 is 0 Å². The molecule has 2 aliphatic heterocycles. The molecule has 344 valence electrons. The molecule has 5 fully saturated rings. The second-order valence-corrected chi connectivity index (χ2v) is 20.2. The average molecular weight is 900 g/mol. The Kier molecular flexibility index (Phi) is 13.3. The third kappa shape index (κ3) is 9.69. The third-order valence-electron chi connectivity index (χ3n) is 14.1. The van der Waals surface area contributed by atoms with Crippen LogP contribution in [0.3, 0.4) is 0 Å². The largest absolute Gasteiger partial charge is 0.486 e. The Morgan fingerprint density at radius 3 is 2.52 bits per heavy atom. The molecule has 63 heavy (non-hydrogen) atoms. The molecule has 0 spiro atoms. The van der Waals surface area contributed by atoms with E-state index in [0.29, 0.717) is 61.4 Å². The number of aliphatic hydroxyl groups excluding tert-OH is 2. The van der Waals surface area contributed by atoms with Gasteiger partial charge in [0, 0.05) is 24.3 Å². The maximum absolute atomic E-state index is 14.8. The van der Waals surface area contributed by atoms with Crippen molar-refractivity contribution in [2.24, 2.45) is 17.8 Å². The zero-order valence-corrected chi connectivity index (χ0v) is 36.2. The van der Waals surface area contributed by atoms with Crippen LogP contribution in [0.4, 0.5) is 13.6 Å². The molecular weight excluding hydrogens is 841 g/mol. The Morgan fingerprint density at radius 1 is 1.05 bits per heavy atom. The van der Waals surface area contributed by atoms with Crippen molar-refractivity contribution in [2.75, 3.05) is 19.8 Å². The summed E-state index contributed by atoms with van der Waals surface area (Å²) < 4.78 is 75.9. The quantitative estimate of drug-likeness (QED) is 0.193. The molecule has 3 heterocycles. The lowest BCUT2D eigenvalue weighted by molar-refractivity contribution is -0.143. The predicted octanol–water partition coefficient (Wildman–Crippen LogP) is 4.79. The number of hydrogen-bond acceptors (Lipinski definition) is 12. The molecule has 3 amide bonds. The second-order valence-electron chi connectivity index (χ2n) is 18.3. The lowest BCUT2D eigenvalue weighted by atomic mass is 9.66. The fraction of sp³-hybridized carbons (Fsp3) is 0.644. The van der Waals surface area contributed by atoms with E-state index < -0.39 is 88.2 Å². The average Bonchev–Trinajstić information content (AvgIpc) is 3.58. The van der Waals surface area contributed by atoms with Crippen LogP contribution in [0.25, 0.3) is 10.9 Å². The van der Waals surface area contributed by atoms with Crippen molar-refractivity contribution in [2.45, 2.75) is 144 Å². The number of aliphatic hydroxyl groups is 2. The Hall–Kier alpha value is -4.39. The number of fused-ring (bicyclic) bond motifs is 5. The molecule has 9 unspecified atom stereocenters. The molecule has 9 atom stereocenters. The number of carbonyl (C=O) groups is 3. The van der Waals surface area contributed by atoms with Crippen molar-refractivity contribution in [3.8, 4) is 11.6 Å². The smallest absolute Gasteiger partial charge is 0.407 e. The molecule has 8 rings (SSSR count). The number of aromatic nitrogens is 1. The Morgan fingerprint density at radius 2 is 1.81 bits per heavy atom. The van der Waals surface area contributed by atoms with E-state index in [0.717, 1.165) is 32.1 Å². The first-order valence-corrected chi connectivity index (χ1v) is 24.0. The summed E-state index contributed by atoms with van der Waals surface area (Å²) >= 11 is 0. The molecule has 0 radical (unpaired) electrons. The van der Waals surface area contributed by atoms with Crippen LogP contribution in [0.15, 0.2) is 49.1 Å². The number of rotatable bonds is 11. The number of pyridine rings is 1. The zero-order valence-electron chi connectivity index (χ0n) is 35.4. The van der Waals surface area contributed by atoms with E-state index in [4.69, 9.17) is 19.2 Å². The van der Waals surface area contributed by atoms with Gasteiger partial charge in [-0.3, -0.25) is 19.2 Å². The number of nitrogens with one attached hydrogen (secondary N) is 3. The van der Waals surface area contributed by atoms with Gasteiger partial charge < -0.3 is 35.1 Å². The molecule has 1 aromatic heterocycles. The van der Waals surface area contributed by atoms with Crippen molar-refractivity contribution >= 4 is 38.8 Å². The van der Waals surface area contributed by atoms with Crippen LogP contribution in [-0.4, -0.2) is 113 Å². The van der Waals surface area contributed by atoms with Gasteiger partial charge in [0.25, 0.3) is 5.91 Å². The van der Waals surface area contributed by atoms with E-state index >= 15 is 0 Å². The van der Waals surface area contributed by atoms with Gasteiger partial charge in [0.2, 0.25) is 21.8 Å². The minimum absolute atomic E-state index is 0.0477. The van der Waals surface area contributed by atoms with E-state index in [9.17, 15) is 41.8 Å². The number of alkyl carbamates (subject to hydrolysis) is 1. The van der Waals surface area contributed by atoms with Gasteiger partial charge in [0.05, 0.1) is 28.4 Å². The van der Waals surface area contributed by atoms with Crippen LogP contribution in [0.1, 0.15) is 95.5 Å². The van der Waals surface area contributed by atoms with Crippen LogP contribution in [0.2, 0.25) is 0 Å². The van der Waals surface area contributed by atoms with Gasteiger partial charge in [-0.25, -0.2) is 27.0 Å². The van der Waals surface area contributed by atoms with Gasteiger partial charge in [-0.1, -0.05) is 43.2 Å². The Labute approximate surface area is 366 Å². The van der Waals surface area contributed by atoms with Gasteiger partial charge in [-0.15, -0.1) is 6.58 Å². The van der Waals surface area contributed by atoms with Gasteiger partial charge >= 0.3 is 12.0 Å². The highest BCUT2D eigenvalue weighted by Gasteiger charge is 2.56. The summed E-state index contributed by atoms with van der Waals surface area (Å²) in [6, 6.07) is 4.84. The van der Waals surface area contributed by atoms with E-state index in [1.807, 2.05) is 12.2 Å². The number of hydrogen-bond donors (Lipinski definition) is 5. The molecule has 18 heteroatoms. The van der Waals surface area contributed by atoms with Crippen molar-refractivity contribution in [3.05, 3.63) is 54.6 Å². The molecule has 5 N–H and O–H groups in total. The third-order valence-corrected chi connectivity index (χ3v) is 15.9. The SMILES string of the molecule is C=CC1CCC1(NC(=O)C1CC2CN1C(O)C(C1CCCC1)NC(=O)OC1CCCC1CCC=CCc1c(nc3ccccc3c1OCC(F)(F)CO)O2)C(=O)NS(=O)(=O)C1CC1. The van der Waals surface area contributed by atoms with Gasteiger partial charge in [0.15, 0.2) is 6.61 Å². The molecule has 15 nitrogen and oxygen atoms in total. The molecule has 2 aromatic rings. The van der Waals surface area contributed by atoms with Crippen molar-refractivity contribution < 1.29 is 56.0 Å². The number of amides is 3. The standard InChI is InChI=1S/C45H59F2N5O10S/c1-2-29-21-22-45(29,42(56)51-63(58,59)31-19-20-31)50-39(54)35-23-30-24-52(35)41(55)37(28-12-6-7-13-28)49-43(57)62-36-18-10-14-27(36)11-4-3-5-16-33-38(60-26-44(46,47)25-53)32-15-8-9-17-34(32)48-40(33)61-30/h2-3,5,8-9,15,17,27-31,35-37,41,53,55H,1,4,6-7,10-14,16,18-26H2,(H,49,57)(H,50,54)(H,51,56). The highest BCUT2D eigenvalue weighted by molar-refractivity contribution is 7.91. The van der Waals surface area contributed by atoms with Crippen LogP contribution in [-0.2, 0) is 30.8 Å². The first-order valence-electron chi connectivity index (χ1n) is 22.5. The maximum Gasteiger partial charge on any atom is 0.407 e. The van der Waals surface area contributed by atoms with Crippen molar-refractivity contribution in [3.63, 3.8) is 0 Å². The number of nitrogens with zero attached hydrogens (tertiary/aromatic N) is 2. The van der Waals surface area contributed by atoms with Gasteiger partial charge in [-0.2, -0.15) is 0 Å². The number of ether oxygens (including phenoxy) is 3. The van der Waals surface area contributed by atoms with E-state index in [1.165, 1.54) is 6.08 Å². The zero-order chi connectivity index (χ0) is 44.5. The monoisotopic (exact) mass is 899 g/mol. The summed E-state index contributed by atoms with van der Waals surface area (Å²) in [5.41, 5.74) is -0.871. The summed E-state index contributed by atoms with van der Waals surface area (Å²) in [6.07, 6.45) is 10.7. The van der Waals surface area contributed by atoms with Crippen LogP contribution < -0.4 is 24.8 Å². The summed E-state index contributed by atoms with van der Waals surface area (Å²) in [4.78, 5) is 48.8. The molecular formula is C45H59F2N5O10S. The van der Waals surface area contributed by atoms with Crippen molar-refractivity contribution in [1.82, 2.24) is 25.2 Å². The number of carbonyl (C=O) groups excluding carboxylic acids is 3. The highest BCUT2D eigenvalue weighted by atomic mass is 32.2. The van der Waals surface area contributed by atoms with E-state index in [1.54, 1.807) is 29.2 Å². The molecule has 1 aromatic carbocycles. The highest BCUT2D eigenvalue weighted by Crippen LogP contribution is 2.43. The lowest BCUT2D eigenvalue weighted by Gasteiger charge is -2.47. The number of benzene rings is 1. The molecule has 6 aliphatic rings. The molecule has 4 aliphatic carbocycles. The van der Waals surface area contributed by atoms with Crippen molar-refractivity contribution in [1.29, 1.82) is 0 Å². The summed E-state index contributed by atoms with van der Waals surface area (Å²) in [5, 5.41) is 27.6. The maximum atomic E-state index is 14.8. The molecule has 4 saturated carbocycles. The van der Waals surface area contributed by atoms with E-state index in [2.05, 4.69) is 21.9 Å². The Balaban J connectivity index is 1.18. The van der Waals surface area contributed by atoms with Gasteiger partial charge in [-0.05, 0) is 101 Å². The van der Waals surface area contributed by atoms with E-state index in [-0.39, 0.29) is 55.4 Å². The molecule has 1 saturated heterocycles. The predicted molar refractivity (Wildman–Crippen MR) is 227 cm³/mol. The number of allylic oxidation sites excluding steroid dienone is 2. The number of sulfonamides is 1. The molecule has 2 bridgehead atoms.